The lowest BCUT2D eigenvalue weighted by Crippen LogP contribution is -2.29. The van der Waals surface area contributed by atoms with Crippen molar-refractivity contribution in [2.45, 2.75) is 19.5 Å². The van der Waals surface area contributed by atoms with E-state index in [1.165, 1.54) is 30.9 Å². The van der Waals surface area contributed by atoms with Crippen LogP contribution >= 0.6 is 0 Å². The third kappa shape index (κ3) is 5.42. The Morgan fingerprint density at radius 3 is 2.36 bits per heavy atom. The maximum Gasteiger partial charge on any atom is 0.270 e. The Hall–Kier alpha value is -4.47. The zero-order valence-electron chi connectivity index (χ0n) is 17.6. The van der Waals surface area contributed by atoms with Crippen LogP contribution in [0, 0.1) is 5.82 Å². The van der Waals surface area contributed by atoms with Gasteiger partial charge in [-0.3, -0.25) is 9.59 Å². The van der Waals surface area contributed by atoms with Crippen molar-refractivity contribution in [2.24, 2.45) is 0 Å². The minimum atomic E-state index is -0.466. The third-order valence-corrected chi connectivity index (χ3v) is 4.95. The van der Waals surface area contributed by atoms with Crippen molar-refractivity contribution in [3.05, 3.63) is 95.6 Å². The van der Waals surface area contributed by atoms with Gasteiger partial charge in [-0.25, -0.2) is 14.4 Å². The second-order valence-electron chi connectivity index (χ2n) is 7.25. The first kappa shape index (κ1) is 21.8. The molecule has 0 radical (unpaired) electrons. The molecule has 0 aliphatic heterocycles. The number of aromatic nitrogens is 5. The number of benzene rings is 2. The van der Waals surface area contributed by atoms with Gasteiger partial charge < -0.3 is 15.6 Å². The predicted octanol–water partition coefficient (Wildman–Crippen LogP) is 2.82. The molecule has 0 saturated heterocycles. The Morgan fingerprint density at radius 2 is 1.70 bits per heavy atom. The Kier molecular flexibility index (Phi) is 6.44. The van der Waals surface area contributed by atoms with E-state index in [2.05, 4.69) is 35.8 Å². The van der Waals surface area contributed by atoms with Crippen molar-refractivity contribution in [1.29, 1.82) is 0 Å². The van der Waals surface area contributed by atoms with Crippen LogP contribution in [0.3, 0.4) is 0 Å². The summed E-state index contributed by atoms with van der Waals surface area (Å²) in [6.07, 6.45) is 2.67. The van der Waals surface area contributed by atoms with Crippen LogP contribution in [0.15, 0.2) is 67.3 Å². The molecular weight excluding hydrogens is 425 g/mol. The second-order valence-corrected chi connectivity index (χ2v) is 7.25. The number of rotatable bonds is 7. The van der Waals surface area contributed by atoms with Gasteiger partial charge in [0.1, 0.15) is 29.9 Å². The number of nitrogens with zero attached hydrogens (tertiary/aromatic N) is 4. The molecular formula is C23H20FN7O2. The average molecular weight is 445 g/mol. The number of H-pyrrole nitrogens is 1. The molecule has 9 nitrogen and oxygen atoms in total. The predicted molar refractivity (Wildman–Crippen MR) is 117 cm³/mol. The summed E-state index contributed by atoms with van der Waals surface area (Å²) in [6.45, 7) is 2.05. The van der Waals surface area contributed by atoms with Crippen LogP contribution in [0.4, 0.5) is 4.39 Å². The Morgan fingerprint density at radius 1 is 1.00 bits per heavy atom. The summed E-state index contributed by atoms with van der Waals surface area (Å²) in [6, 6.07) is 14.4. The highest BCUT2D eigenvalue weighted by molar-refractivity contribution is 5.97. The quantitative estimate of drug-likeness (QED) is 0.402. The third-order valence-electron chi connectivity index (χ3n) is 4.95. The molecule has 2 aromatic heterocycles. The van der Waals surface area contributed by atoms with Gasteiger partial charge in [0.25, 0.3) is 11.8 Å². The molecule has 4 rings (SSSR count). The lowest BCUT2D eigenvalue weighted by molar-refractivity contribution is 0.0934. The summed E-state index contributed by atoms with van der Waals surface area (Å²) in [5.74, 6) is -0.593. The summed E-state index contributed by atoms with van der Waals surface area (Å²) < 4.78 is 13.0. The monoisotopic (exact) mass is 445 g/mol. The number of amides is 2. The van der Waals surface area contributed by atoms with Crippen molar-refractivity contribution in [3.8, 4) is 11.4 Å². The Bertz CT molecular complexity index is 1240. The highest BCUT2D eigenvalue weighted by Gasteiger charge is 2.16. The standard InChI is InChI=1S/C23H20FN7O2/c1-14(16-4-6-17(7-5-16)21-28-13-29-31-21)30-23(33)20-10-19(26-12-27-20)22(32)25-11-15-2-8-18(24)9-3-15/h2-10,12-14H,11H2,1H3,(H,25,32)(H,30,33)(H,28,29,31)/t14-/m0/s1. The fourth-order valence-corrected chi connectivity index (χ4v) is 3.11. The number of carbonyl (C=O) groups excluding carboxylic acids is 2. The van der Waals surface area contributed by atoms with E-state index in [-0.39, 0.29) is 29.8 Å². The zero-order chi connectivity index (χ0) is 23.2. The number of hydrogen-bond donors (Lipinski definition) is 3. The summed E-state index contributed by atoms with van der Waals surface area (Å²) in [7, 11) is 0. The van der Waals surface area contributed by atoms with Gasteiger partial charge in [0, 0.05) is 18.2 Å². The number of carbonyl (C=O) groups is 2. The first-order chi connectivity index (χ1) is 16.0. The Labute approximate surface area is 188 Å². The van der Waals surface area contributed by atoms with Crippen LogP contribution in [0.25, 0.3) is 11.4 Å². The van der Waals surface area contributed by atoms with Gasteiger partial charge in [-0.1, -0.05) is 36.4 Å². The fourth-order valence-electron chi connectivity index (χ4n) is 3.11. The summed E-state index contributed by atoms with van der Waals surface area (Å²) in [4.78, 5) is 35.9. The molecule has 2 amide bonds. The molecule has 0 spiro atoms. The van der Waals surface area contributed by atoms with Crippen molar-refractivity contribution >= 4 is 11.8 Å². The maximum atomic E-state index is 13.0. The van der Waals surface area contributed by atoms with E-state index in [9.17, 15) is 14.0 Å². The van der Waals surface area contributed by atoms with E-state index in [0.29, 0.717) is 5.82 Å². The van der Waals surface area contributed by atoms with E-state index >= 15 is 0 Å². The molecule has 166 valence electrons. The van der Waals surface area contributed by atoms with Gasteiger partial charge in [-0.2, -0.15) is 0 Å². The molecule has 0 saturated carbocycles. The zero-order valence-corrected chi connectivity index (χ0v) is 17.6. The van der Waals surface area contributed by atoms with E-state index in [4.69, 9.17) is 0 Å². The van der Waals surface area contributed by atoms with Gasteiger partial charge in [0.2, 0.25) is 0 Å². The lowest BCUT2D eigenvalue weighted by atomic mass is 10.1. The van der Waals surface area contributed by atoms with Crippen LogP contribution in [0.1, 0.15) is 45.1 Å². The van der Waals surface area contributed by atoms with Crippen LogP contribution in [-0.4, -0.2) is 37.0 Å². The smallest absolute Gasteiger partial charge is 0.270 e. The van der Waals surface area contributed by atoms with E-state index in [0.717, 1.165) is 16.7 Å². The first-order valence-corrected chi connectivity index (χ1v) is 10.1. The lowest BCUT2D eigenvalue weighted by Gasteiger charge is -2.14. The number of halogens is 1. The molecule has 4 aromatic rings. The summed E-state index contributed by atoms with van der Waals surface area (Å²) in [5.41, 5.74) is 2.63. The van der Waals surface area contributed by atoms with E-state index in [1.807, 2.05) is 31.2 Å². The van der Waals surface area contributed by atoms with Gasteiger partial charge in [0.15, 0.2) is 5.82 Å². The minimum Gasteiger partial charge on any atom is -0.347 e. The van der Waals surface area contributed by atoms with Gasteiger partial charge in [0.05, 0.1) is 6.04 Å². The normalized spacial score (nSPS) is 11.6. The molecule has 0 bridgehead atoms. The van der Waals surface area contributed by atoms with Crippen molar-refractivity contribution < 1.29 is 14.0 Å². The first-order valence-electron chi connectivity index (χ1n) is 10.1. The number of hydrogen-bond acceptors (Lipinski definition) is 6. The fraction of sp³-hybridized carbons (Fsp3) is 0.130. The van der Waals surface area contributed by atoms with Gasteiger partial charge >= 0.3 is 0 Å². The summed E-state index contributed by atoms with van der Waals surface area (Å²) >= 11 is 0. The van der Waals surface area contributed by atoms with Crippen LogP contribution in [-0.2, 0) is 6.54 Å². The van der Waals surface area contributed by atoms with Gasteiger partial charge in [-0.15, -0.1) is 10.2 Å². The molecule has 1 atom stereocenters. The van der Waals surface area contributed by atoms with Crippen LogP contribution in [0.5, 0.6) is 0 Å². The van der Waals surface area contributed by atoms with Crippen molar-refractivity contribution in [3.63, 3.8) is 0 Å². The average Bonchev–Trinajstić information content (AvgIpc) is 3.39. The number of nitrogens with one attached hydrogen (secondary N) is 3. The molecule has 3 N–H and O–H groups in total. The van der Waals surface area contributed by atoms with E-state index in [1.54, 1.807) is 12.1 Å². The van der Waals surface area contributed by atoms with Crippen LogP contribution in [0.2, 0.25) is 0 Å². The molecule has 10 heteroatoms. The molecule has 2 aromatic carbocycles. The Balaban J connectivity index is 1.37. The largest absolute Gasteiger partial charge is 0.347 e. The van der Waals surface area contributed by atoms with Crippen molar-refractivity contribution in [1.82, 2.24) is 35.8 Å². The van der Waals surface area contributed by atoms with Gasteiger partial charge in [-0.05, 0) is 30.2 Å². The van der Waals surface area contributed by atoms with E-state index < -0.39 is 11.8 Å². The maximum absolute atomic E-state index is 13.0. The molecule has 0 aliphatic rings. The molecule has 0 unspecified atom stereocenters. The molecule has 2 heterocycles. The second kappa shape index (κ2) is 9.77. The topological polar surface area (TPSA) is 126 Å². The molecule has 33 heavy (non-hydrogen) atoms. The highest BCUT2D eigenvalue weighted by atomic mass is 19.1. The SMILES string of the molecule is C[C@H](NC(=O)c1cc(C(=O)NCc2ccc(F)cc2)ncn1)c1ccc(-c2nnc[nH]2)cc1. The minimum absolute atomic E-state index is 0.0568. The van der Waals surface area contributed by atoms with Crippen LogP contribution < -0.4 is 10.6 Å². The number of aromatic amines is 1. The molecule has 0 aliphatic carbocycles. The summed E-state index contributed by atoms with van der Waals surface area (Å²) in [5, 5.41) is 13.3. The molecule has 0 fully saturated rings. The van der Waals surface area contributed by atoms with Crippen molar-refractivity contribution in [2.75, 3.05) is 0 Å². The highest BCUT2D eigenvalue weighted by Crippen LogP contribution is 2.19.